The van der Waals surface area contributed by atoms with Gasteiger partial charge in [0, 0.05) is 18.1 Å². The van der Waals surface area contributed by atoms with Crippen LogP contribution in [0.25, 0.3) is 0 Å². The van der Waals surface area contributed by atoms with Crippen LogP contribution in [0.15, 0.2) is 0 Å². The van der Waals surface area contributed by atoms with Crippen molar-refractivity contribution in [3.8, 4) is 0 Å². The minimum atomic E-state index is -2.78. The third-order valence-electron chi connectivity index (χ3n) is 4.14. The highest BCUT2D eigenvalue weighted by Gasteiger charge is 2.29. The van der Waals surface area contributed by atoms with E-state index >= 15 is 0 Å². The Labute approximate surface area is 105 Å². The van der Waals surface area contributed by atoms with Crippen molar-refractivity contribution in [2.45, 2.75) is 50.7 Å². The highest BCUT2D eigenvalue weighted by molar-refractivity contribution is 7.91. The molecule has 3 unspecified atom stereocenters. The molecule has 0 spiro atoms. The molecule has 2 saturated heterocycles. The van der Waals surface area contributed by atoms with Crippen molar-refractivity contribution in [2.24, 2.45) is 0 Å². The highest BCUT2D eigenvalue weighted by atomic mass is 32.2. The first-order chi connectivity index (χ1) is 7.96. The quantitative estimate of drug-likeness (QED) is 0.791. The van der Waals surface area contributed by atoms with E-state index in [1.54, 1.807) is 0 Å². The van der Waals surface area contributed by atoms with Gasteiger partial charge in [-0.15, -0.1) is 0 Å². The van der Waals surface area contributed by atoms with E-state index in [2.05, 4.69) is 24.2 Å². The van der Waals surface area contributed by atoms with Gasteiger partial charge >= 0.3 is 0 Å². The number of piperidine rings is 1. The molecule has 2 rings (SSSR count). The van der Waals surface area contributed by atoms with Crippen LogP contribution in [0.4, 0.5) is 0 Å². The second kappa shape index (κ2) is 5.24. The standard InChI is InChI=1S/C12H24N2O2S/c1-10-8-11(5-6-14(10)2)13-12-4-3-7-17(15,16)9-12/h10-13H,3-9H2,1-2H3. The van der Waals surface area contributed by atoms with Gasteiger partial charge in [0.15, 0.2) is 9.84 Å². The average molecular weight is 260 g/mol. The van der Waals surface area contributed by atoms with E-state index in [1.165, 1.54) is 0 Å². The molecule has 0 bridgehead atoms. The fraction of sp³-hybridized carbons (Fsp3) is 1.00. The lowest BCUT2D eigenvalue weighted by molar-refractivity contribution is 0.162. The fourth-order valence-corrected chi connectivity index (χ4v) is 4.58. The molecule has 17 heavy (non-hydrogen) atoms. The molecule has 2 heterocycles. The average Bonchev–Trinajstić information content (AvgIpc) is 2.22. The number of rotatable bonds is 2. The van der Waals surface area contributed by atoms with Gasteiger partial charge in [0.2, 0.25) is 0 Å². The predicted molar refractivity (Wildman–Crippen MR) is 69.9 cm³/mol. The Morgan fingerprint density at radius 1 is 1.24 bits per heavy atom. The van der Waals surface area contributed by atoms with E-state index in [9.17, 15) is 8.42 Å². The van der Waals surface area contributed by atoms with Gasteiger partial charge in [0.1, 0.15) is 0 Å². The number of likely N-dealkylation sites (tertiary alicyclic amines) is 1. The van der Waals surface area contributed by atoms with Crippen LogP contribution < -0.4 is 5.32 Å². The van der Waals surface area contributed by atoms with Crippen LogP contribution in [-0.2, 0) is 9.84 Å². The van der Waals surface area contributed by atoms with Crippen molar-refractivity contribution in [3.63, 3.8) is 0 Å². The zero-order chi connectivity index (χ0) is 12.5. The Balaban J connectivity index is 1.85. The summed E-state index contributed by atoms with van der Waals surface area (Å²) < 4.78 is 23.1. The molecule has 0 aromatic heterocycles. The lowest BCUT2D eigenvalue weighted by Gasteiger charge is -2.37. The van der Waals surface area contributed by atoms with Gasteiger partial charge in [-0.1, -0.05) is 0 Å². The SMILES string of the molecule is CC1CC(NC2CCCS(=O)(=O)C2)CCN1C. The largest absolute Gasteiger partial charge is 0.310 e. The van der Waals surface area contributed by atoms with Crippen molar-refractivity contribution in [1.29, 1.82) is 0 Å². The topological polar surface area (TPSA) is 49.4 Å². The smallest absolute Gasteiger partial charge is 0.151 e. The summed E-state index contributed by atoms with van der Waals surface area (Å²) in [6, 6.07) is 1.29. The third kappa shape index (κ3) is 3.66. The Hall–Kier alpha value is -0.130. The Morgan fingerprint density at radius 2 is 2.00 bits per heavy atom. The molecule has 0 amide bonds. The molecule has 2 fully saturated rings. The van der Waals surface area contributed by atoms with Gasteiger partial charge in [0.05, 0.1) is 11.5 Å². The lowest BCUT2D eigenvalue weighted by Crippen LogP contribution is -2.51. The van der Waals surface area contributed by atoms with Crippen LogP contribution in [0.3, 0.4) is 0 Å². The van der Waals surface area contributed by atoms with Crippen molar-refractivity contribution < 1.29 is 8.42 Å². The summed E-state index contributed by atoms with van der Waals surface area (Å²) in [5.74, 6) is 0.725. The van der Waals surface area contributed by atoms with E-state index < -0.39 is 9.84 Å². The van der Waals surface area contributed by atoms with Crippen LogP contribution in [0.1, 0.15) is 32.6 Å². The van der Waals surface area contributed by atoms with E-state index in [0.717, 1.165) is 32.2 Å². The Kier molecular flexibility index (Phi) is 4.10. The lowest BCUT2D eigenvalue weighted by atomic mass is 9.97. The maximum absolute atomic E-state index is 11.6. The summed E-state index contributed by atoms with van der Waals surface area (Å²) in [7, 11) is -0.621. The second-order valence-electron chi connectivity index (χ2n) is 5.67. The fourth-order valence-electron chi connectivity index (χ4n) is 2.93. The van der Waals surface area contributed by atoms with Crippen LogP contribution in [0.5, 0.6) is 0 Å². The van der Waals surface area contributed by atoms with Gasteiger partial charge in [-0.25, -0.2) is 8.42 Å². The summed E-state index contributed by atoms with van der Waals surface area (Å²) in [6.07, 6.45) is 4.10. The molecule has 2 aliphatic rings. The van der Waals surface area contributed by atoms with Crippen molar-refractivity contribution in [2.75, 3.05) is 25.1 Å². The van der Waals surface area contributed by atoms with Crippen LogP contribution in [0.2, 0.25) is 0 Å². The second-order valence-corrected chi connectivity index (χ2v) is 7.90. The molecule has 5 heteroatoms. The summed E-state index contributed by atoms with van der Waals surface area (Å²) in [5.41, 5.74) is 0. The molecular weight excluding hydrogens is 236 g/mol. The number of hydrogen-bond acceptors (Lipinski definition) is 4. The summed E-state index contributed by atoms with van der Waals surface area (Å²) in [6.45, 7) is 3.35. The van der Waals surface area contributed by atoms with Gasteiger partial charge in [0.25, 0.3) is 0 Å². The maximum atomic E-state index is 11.6. The molecule has 1 N–H and O–H groups in total. The zero-order valence-electron chi connectivity index (χ0n) is 10.9. The van der Waals surface area contributed by atoms with Crippen LogP contribution >= 0.6 is 0 Å². The Bertz CT molecular complexity index is 356. The van der Waals surface area contributed by atoms with Crippen molar-refractivity contribution >= 4 is 9.84 Å². The molecule has 100 valence electrons. The molecule has 0 saturated carbocycles. The van der Waals surface area contributed by atoms with E-state index in [4.69, 9.17) is 0 Å². The van der Waals surface area contributed by atoms with E-state index in [0.29, 0.717) is 23.6 Å². The van der Waals surface area contributed by atoms with Crippen molar-refractivity contribution in [3.05, 3.63) is 0 Å². The predicted octanol–water partition coefficient (Wildman–Crippen LogP) is 0.636. The van der Waals surface area contributed by atoms with Gasteiger partial charge in [-0.3, -0.25) is 0 Å². The molecule has 0 aromatic rings. The minimum absolute atomic E-state index is 0.189. The van der Waals surface area contributed by atoms with Gasteiger partial charge < -0.3 is 10.2 Å². The molecule has 0 aromatic carbocycles. The number of nitrogens with zero attached hydrogens (tertiary/aromatic N) is 1. The highest BCUT2D eigenvalue weighted by Crippen LogP contribution is 2.18. The van der Waals surface area contributed by atoms with Crippen LogP contribution in [-0.4, -0.2) is 56.5 Å². The first-order valence-electron chi connectivity index (χ1n) is 6.63. The van der Waals surface area contributed by atoms with E-state index in [1.807, 2.05) is 0 Å². The first-order valence-corrected chi connectivity index (χ1v) is 8.45. The normalized spacial score (nSPS) is 39.1. The number of hydrogen-bond donors (Lipinski definition) is 1. The maximum Gasteiger partial charge on any atom is 0.151 e. The zero-order valence-corrected chi connectivity index (χ0v) is 11.7. The molecular formula is C12H24N2O2S. The summed E-state index contributed by atoms with van der Waals surface area (Å²) in [5, 5.41) is 3.56. The first kappa shape index (κ1) is 13.3. The van der Waals surface area contributed by atoms with Gasteiger partial charge in [-0.05, 0) is 46.2 Å². The van der Waals surface area contributed by atoms with E-state index in [-0.39, 0.29) is 6.04 Å². The molecule has 0 aliphatic carbocycles. The van der Waals surface area contributed by atoms with Gasteiger partial charge in [-0.2, -0.15) is 0 Å². The molecule has 2 aliphatic heterocycles. The number of sulfone groups is 1. The molecule has 4 nitrogen and oxygen atoms in total. The summed E-state index contributed by atoms with van der Waals surface area (Å²) >= 11 is 0. The summed E-state index contributed by atoms with van der Waals surface area (Å²) in [4.78, 5) is 2.37. The molecule has 3 atom stereocenters. The third-order valence-corrected chi connectivity index (χ3v) is 5.96. The number of nitrogens with one attached hydrogen (secondary N) is 1. The Morgan fingerprint density at radius 3 is 2.65 bits per heavy atom. The monoisotopic (exact) mass is 260 g/mol. The van der Waals surface area contributed by atoms with Crippen molar-refractivity contribution in [1.82, 2.24) is 10.2 Å². The minimum Gasteiger partial charge on any atom is -0.310 e. The molecule has 0 radical (unpaired) electrons. The van der Waals surface area contributed by atoms with Crippen LogP contribution in [0, 0.1) is 0 Å².